The van der Waals surface area contributed by atoms with Crippen LogP contribution in [0.15, 0.2) is 53.7 Å². The van der Waals surface area contributed by atoms with Crippen LogP contribution in [0.25, 0.3) is 0 Å². The van der Waals surface area contributed by atoms with Gasteiger partial charge in [-0.05, 0) is 18.2 Å². The van der Waals surface area contributed by atoms with E-state index in [4.69, 9.17) is 21.2 Å². The molecule has 1 fully saturated rings. The maximum absolute atomic E-state index is 13.1. The van der Waals surface area contributed by atoms with Gasteiger partial charge in [-0.15, -0.1) is 0 Å². The smallest absolute Gasteiger partial charge is 0.339 e. The number of fused-ring (bicyclic) bond motifs is 1. The van der Waals surface area contributed by atoms with Crippen LogP contribution in [0.2, 0.25) is 5.02 Å². The van der Waals surface area contributed by atoms with Gasteiger partial charge in [0.15, 0.2) is 0 Å². The molecule has 2 aromatic carbocycles. The molecular formula is C19H13ClN2O5. The molecule has 0 N–H and O–H groups in total. The summed E-state index contributed by atoms with van der Waals surface area (Å²) in [5.41, 5.74) is 1.08. The van der Waals surface area contributed by atoms with E-state index in [1.165, 1.54) is 19.2 Å². The van der Waals surface area contributed by atoms with Gasteiger partial charge in [-0.25, -0.2) is 9.69 Å². The van der Waals surface area contributed by atoms with Crippen molar-refractivity contribution in [3.8, 4) is 0 Å². The lowest BCUT2D eigenvalue weighted by Gasteiger charge is -2.18. The van der Waals surface area contributed by atoms with E-state index >= 15 is 0 Å². The Kier molecular flexibility index (Phi) is 4.16. The van der Waals surface area contributed by atoms with E-state index in [0.29, 0.717) is 16.3 Å². The Balaban J connectivity index is 1.76. The third-order valence-electron chi connectivity index (χ3n) is 4.51. The van der Waals surface area contributed by atoms with Gasteiger partial charge in [0, 0.05) is 10.6 Å². The Hall–Kier alpha value is -3.19. The number of ether oxygens (including phenoxy) is 1. The Morgan fingerprint density at radius 2 is 1.81 bits per heavy atom. The number of hydrogen-bond donors (Lipinski definition) is 0. The summed E-state index contributed by atoms with van der Waals surface area (Å²) in [5, 5.41) is 4.32. The number of rotatable bonds is 3. The SMILES string of the molecule is COC(=O)c1ccccc1N1C(=O)[C@@H]2C(c3ccccc3Cl)=NO[C@H]2C1=O. The topological polar surface area (TPSA) is 85.3 Å². The highest BCUT2D eigenvalue weighted by molar-refractivity contribution is 6.38. The minimum atomic E-state index is -1.09. The standard InChI is InChI=1S/C19H13ClN2O5/c1-26-19(25)11-7-3-5-9-13(11)22-17(23)14-15(21-27-16(14)18(22)24)10-6-2-4-8-12(10)20/h2-9,14,16H,1H3/t14-,16-/m1/s1. The molecule has 2 aliphatic heterocycles. The van der Waals surface area contributed by atoms with Crippen molar-refractivity contribution in [2.45, 2.75) is 6.10 Å². The van der Waals surface area contributed by atoms with Crippen LogP contribution >= 0.6 is 11.6 Å². The van der Waals surface area contributed by atoms with E-state index in [1.807, 2.05) is 0 Å². The number of esters is 1. The Morgan fingerprint density at radius 1 is 1.11 bits per heavy atom. The molecule has 0 radical (unpaired) electrons. The van der Waals surface area contributed by atoms with E-state index in [1.54, 1.807) is 36.4 Å². The Bertz CT molecular complexity index is 1000. The number of methoxy groups -OCH3 is 1. The minimum Gasteiger partial charge on any atom is -0.465 e. The molecule has 2 atom stereocenters. The average Bonchev–Trinajstić information content (AvgIpc) is 3.22. The van der Waals surface area contributed by atoms with E-state index in [2.05, 4.69) is 5.16 Å². The molecule has 136 valence electrons. The number of nitrogens with zero attached hydrogens (tertiary/aromatic N) is 2. The summed E-state index contributed by atoms with van der Waals surface area (Å²) < 4.78 is 4.75. The summed E-state index contributed by atoms with van der Waals surface area (Å²) in [7, 11) is 1.23. The second kappa shape index (κ2) is 6.51. The van der Waals surface area contributed by atoms with Crippen molar-refractivity contribution in [3.05, 3.63) is 64.7 Å². The van der Waals surface area contributed by atoms with Crippen molar-refractivity contribution in [1.29, 1.82) is 0 Å². The molecule has 0 aliphatic carbocycles. The summed E-state index contributed by atoms with van der Waals surface area (Å²) >= 11 is 6.21. The van der Waals surface area contributed by atoms with Gasteiger partial charge < -0.3 is 9.57 Å². The molecule has 2 aliphatic rings. The lowest BCUT2D eigenvalue weighted by molar-refractivity contribution is -0.126. The molecule has 2 heterocycles. The lowest BCUT2D eigenvalue weighted by Crippen LogP contribution is -2.34. The Labute approximate surface area is 159 Å². The Morgan fingerprint density at radius 3 is 2.56 bits per heavy atom. The van der Waals surface area contributed by atoms with Gasteiger partial charge in [-0.1, -0.05) is 47.1 Å². The van der Waals surface area contributed by atoms with Crippen molar-refractivity contribution >= 4 is 40.8 Å². The van der Waals surface area contributed by atoms with E-state index in [9.17, 15) is 14.4 Å². The molecule has 0 aromatic heterocycles. The minimum absolute atomic E-state index is 0.109. The highest BCUT2D eigenvalue weighted by atomic mass is 35.5. The molecule has 1 saturated heterocycles. The normalized spacial score (nSPS) is 21.0. The first-order valence-corrected chi connectivity index (χ1v) is 8.46. The summed E-state index contributed by atoms with van der Waals surface area (Å²) in [4.78, 5) is 44.2. The molecule has 0 spiro atoms. The number of para-hydroxylation sites is 1. The predicted molar refractivity (Wildman–Crippen MR) is 96.6 cm³/mol. The van der Waals surface area contributed by atoms with Crippen LogP contribution in [-0.2, 0) is 19.2 Å². The fourth-order valence-corrected chi connectivity index (χ4v) is 3.49. The third-order valence-corrected chi connectivity index (χ3v) is 4.84. The second-order valence-electron chi connectivity index (χ2n) is 5.98. The van der Waals surface area contributed by atoms with Crippen LogP contribution in [0.5, 0.6) is 0 Å². The van der Waals surface area contributed by atoms with Gasteiger partial charge >= 0.3 is 5.97 Å². The number of carbonyl (C=O) groups is 3. The summed E-state index contributed by atoms with van der Waals surface area (Å²) in [6.07, 6.45) is -1.09. The summed E-state index contributed by atoms with van der Waals surface area (Å²) in [5.74, 6) is -2.70. The van der Waals surface area contributed by atoms with Crippen LogP contribution in [0.1, 0.15) is 15.9 Å². The monoisotopic (exact) mass is 384 g/mol. The number of imide groups is 1. The van der Waals surface area contributed by atoms with Crippen molar-refractivity contribution in [3.63, 3.8) is 0 Å². The second-order valence-corrected chi connectivity index (χ2v) is 6.39. The number of carbonyl (C=O) groups excluding carboxylic acids is 3. The number of hydrogen-bond acceptors (Lipinski definition) is 6. The molecule has 2 aromatic rings. The van der Waals surface area contributed by atoms with Gasteiger partial charge in [-0.3, -0.25) is 9.59 Å². The first kappa shape index (κ1) is 17.2. The molecule has 0 saturated carbocycles. The molecule has 7 nitrogen and oxygen atoms in total. The van der Waals surface area contributed by atoms with Crippen LogP contribution in [0, 0.1) is 5.92 Å². The molecule has 2 amide bonds. The fourth-order valence-electron chi connectivity index (χ4n) is 3.26. The number of oxime groups is 1. The molecule has 0 bridgehead atoms. The molecular weight excluding hydrogens is 372 g/mol. The summed E-state index contributed by atoms with van der Waals surface area (Å²) in [6, 6.07) is 13.1. The lowest BCUT2D eigenvalue weighted by atomic mass is 9.94. The average molecular weight is 385 g/mol. The van der Waals surface area contributed by atoms with Gasteiger partial charge in [0.05, 0.1) is 18.4 Å². The van der Waals surface area contributed by atoms with Crippen LogP contribution in [-0.4, -0.2) is 36.7 Å². The van der Waals surface area contributed by atoms with Crippen LogP contribution < -0.4 is 4.90 Å². The van der Waals surface area contributed by atoms with Gasteiger partial charge in [0.1, 0.15) is 11.6 Å². The van der Waals surface area contributed by atoms with E-state index in [0.717, 1.165) is 4.90 Å². The zero-order chi connectivity index (χ0) is 19.1. The highest BCUT2D eigenvalue weighted by Gasteiger charge is 2.56. The first-order valence-electron chi connectivity index (χ1n) is 8.08. The molecule has 0 unspecified atom stereocenters. The van der Waals surface area contributed by atoms with Crippen molar-refractivity contribution in [1.82, 2.24) is 0 Å². The van der Waals surface area contributed by atoms with Gasteiger partial charge in [0.2, 0.25) is 12.0 Å². The molecule has 27 heavy (non-hydrogen) atoms. The van der Waals surface area contributed by atoms with Crippen LogP contribution in [0.4, 0.5) is 5.69 Å². The maximum Gasteiger partial charge on any atom is 0.339 e. The zero-order valence-electron chi connectivity index (χ0n) is 14.1. The fraction of sp³-hybridized carbons (Fsp3) is 0.158. The quantitative estimate of drug-likeness (QED) is 0.599. The predicted octanol–water partition coefficient (Wildman–Crippen LogP) is 2.42. The van der Waals surface area contributed by atoms with Crippen LogP contribution in [0.3, 0.4) is 0 Å². The van der Waals surface area contributed by atoms with E-state index < -0.39 is 29.8 Å². The molecule has 4 rings (SSSR count). The van der Waals surface area contributed by atoms with Crippen molar-refractivity contribution in [2.75, 3.05) is 12.0 Å². The number of anilines is 1. The van der Waals surface area contributed by atoms with Crippen molar-refractivity contribution < 1.29 is 24.0 Å². The van der Waals surface area contributed by atoms with Gasteiger partial charge in [-0.2, -0.15) is 0 Å². The highest BCUT2D eigenvalue weighted by Crippen LogP contribution is 2.37. The third kappa shape index (κ3) is 2.59. The largest absolute Gasteiger partial charge is 0.465 e. The maximum atomic E-state index is 13.1. The van der Waals surface area contributed by atoms with Crippen molar-refractivity contribution in [2.24, 2.45) is 11.1 Å². The zero-order valence-corrected chi connectivity index (χ0v) is 14.8. The number of amides is 2. The van der Waals surface area contributed by atoms with E-state index in [-0.39, 0.29) is 11.3 Å². The number of halogens is 1. The molecule has 8 heteroatoms. The first-order chi connectivity index (χ1) is 13.0. The number of benzene rings is 2. The summed E-state index contributed by atoms with van der Waals surface area (Å²) in [6.45, 7) is 0. The van der Waals surface area contributed by atoms with Gasteiger partial charge in [0.25, 0.3) is 5.91 Å².